The van der Waals surface area contributed by atoms with Crippen molar-refractivity contribution < 1.29 is 23.3 Å². The lowest BCUT2D eigenvalue weighted by Gasteiger charge is -2.27. The summed E-state index contributed by atoms with van der Waals surface area (Å²) in [7, 11) is -1.53. The molecule has 6 nitrogen and oxygen atoms in total. The van der Waals surface area contributed by atoms with Gasteiger partial charge in [-0.25, -0.2) is 9.00 Å². The molecule has 1 aromatic heterocycles. The molecule has 0 aliphatic carbocycles. The van der Waals surface area contributed by atoms with E-state index in [4.69, 9.17) is 14.3 Å². The monoisotopic (exact) mass is 495 g/mol. The third kappa shape index (κ3) is 6.85. The molecule has 0 bridgehead atoms. The van der Waals surface area contributed by atoms with Crippen LogP contribution in [0.25, 0.3) is 6.08 Å². The minimum Gasteiger partial charge on any atom is -0.487 e. The molecular weight excluding hydrogens is 462 g/mol. The van der Waals surface area contributed by atoms with Gasteiger partial charge in [0.05, 0.1) is 5.69 Å². The Hall–Kier alpha value is -3.32. The van der Waals surface area contributed by atoms with E-state index in [2.05, 4.69) is 13.8 Å². The van der Waals surface area contributed by atoms with Crippen molar-refractivity contribution in [1.82, 2.24) is 0 Å². The molecule has 1 atom stereocenters. The molecule has 7 heteroatoms. The average molecular weight is 496 g/mol. The maximum absolute atomic E-state index is 13.6. The molecule has 2 aromatic carbocycles. The molecule has 0 saturated heterocycles. The lowest BCUT2D eigenvalue weighted by Crippen LogP contribution is -2.30. The molecule has 0 fully saturated rings. The Balaban J connectivity index is 1.93. The lowest BCUT2D eigenvalue weighted by molar-refractivity contribution is -0.131. The zero-order chi connectivity index (χ0) is 25.7. The van der Waals surface area contributed by atoms with Gasteiger partial charge in [-0.2, -0.15) is 0 Å². The molecule has 3 rings (SSSR count). The Morgan fingerprint density at radius 1 is 1.06 bits per heavy atom. The van der Waals surface area contributed by atoms with Crippen LogP contribution in [0.15, 0.2) is 58.1 Å². The molecule has 0 aliphatic rings. The first-order valence-corrected chi connectivity index (χ1v) is 12.7. The van der Waals surface area contributed by atoms with Crippen LogP contribution in [-0.2, 0) is 22.4 Å². The molecule has 0 amide bonds. The van der Waals surface area contributed by atoms with Gasteiger partial charge in [0.1, 0.15) is 18.1 Å². The number of nitrogens with zero attached hydrogens (tertiary/aromatic N) is 1. The van der Waals surface area contributed by atoms with Crippen LogP contribution in [0.4, 0.5) is 5.69 Å². The van der Waals surface area contributed by atoms with Crippen LogP contribution in [-0.4, -0.2) is 21.8 Å². The van der Waals surface area contributed by atoms with Gasteiger partial charge in [-0.15, -0.1) is 0 Å². The van der Waals surface area contributed by atoms with Gasteiger partial charge in [0, 0.05) is 12.6 Å². The second kappa shape index (κ2) is 11.4. The van der Waals surface area contributed by atoms with E-state index in [0.29, 0.717) is 29.8 Å². The molecule has 0 spiro atoms. The fraction of sp³-hybridized carbons (Fsp3) is 0.321. The number of ether oxygens (including phenoxy) is 1. The number of carboxylic acids is 1. The summed E-state index contributed by atoms with van der Waals surface area (Å²) in [6, 6.07) is 13.3. The third-order valence-electron chi connectivity index (χ3n) is 5.63. The zero-order valence-electron chi connectivity index (χ0n) is 21.1. The SMILES string of the molecule is Cc1ccc(S(=O)N(CC(C)C)c2cc(C)c(C)cc2OCc2ccc(/C=C/C(=O)O)cc2C)o1. The molecule has 35 heavy (non-hydrogen) atoms. The second-order valence-corrected chi connectivity index (χ2v) is 10.5. The highest BCUT2D eigenvalue weighted by Crippen LogP contribution is 2.35. The molecule has 0 radical (unpaired) electrons. The highest BCUT2D eigenvalue weighted by molar-refractivity contribution is 7.86. The minimum absolute atomic E-state index is 0.262. The topological polar surface area (TPSA) is 80.0 Å². The van der Waals surface area contributed by atoms with Gasteiger partial charge < -0.3 is 14.3 Å². The fourth-order valence-electron chi connectivity index (χ4n) is 3.59. The van der Waals surface area contributed by atoms with Crippen molar-refractivity contribution >= 4 is 28.7 Å². The van der Waals surface area contributed by atoms with Crippen molar-refractivity contribution in [2.75, 3.05) is 10.8 Å². The third-order valence-corrected chi connectivity index (χ3v) is 6.94. The van der Waals surface area contributed by atoms with E-state index in [1.807, 2.05) is 68.4 Å². The van der Waals surface area contributed by atoms with Crippen molar-refractivity contribution in [3.8, 4) is 5.75 Å². The first-order valence-electron chi connectivity index (χ1n) is 11.6. The Kier molecular flexibility index (Phi) is 8.57. The van der Waals surface area contributed by atoms with Crippen molar-refractivity contribution in [1.29, 1.82) is 0 Å². The normalized spacial score (nSPS) is 12.3. The summed E-state index contributed by atoms with van der Waals surface area (Å²) in [5.41, 5.74) is 5.72. The van der Waals surface area contributed by atoms with Crippen LogP contribution < -0.4 is 9.04 Å². The summed E-state index contributed by atoms with van der Waals surface area (Å²) in [4.78, 5) is 10.8. The predicted molar refractivity (Wildman–Crippen MR) is 140 cm³/mol. The summed E-state index contributed by atoms with van der Waals surface area (Å²) in [6.45, 7) is 12.9. The molecule has 1 unspecified atom stereocenters. The predicted octanol–water partition coefficient (Wildman–Crippen LogP) is 6.38. The number of furan rings is 1. The summed E-state index contributed by atoms with van der Waals surface area (Å²) in [6.07, 6.45) is 2.69. The van der Waals surface area contributed by atoms with Crippen LogP contribution in [0, 0.1) is 33.6 Å². The van der Waals surface area contributed by atoms with Crippen LogP contribution in [0.1, 0.15) is 47.4 Å². The summed E-state index contributed by atoms with van der Waals surface area (Å²) in [5.74, 6) is 0.648. The van der Waals surface area contributed by atoms with E-state index in [1.54, 1.807) is 12.1 Å². The highest BCUT2D eigenvalue weighted by Gasteiger charge is 2.24. The van der Waals surface area contributed by atoms with Gasteiger partial charge in [-0.3, -0.25) is 4.31 Å². The standard InChI is InChI=1S/C28H33NO5S/c1-18(2)16-29(35(32)28-12-7-22(6)34-28)25-14-19(3)20(4)15-26(25)33-17-24-10-8-23(13-21(24)5)9-11-27(30)31/h7-15,18H,16-17H2,1-6H3,(H,30,31)/b11-9+. The van der Waals surface area contributed by atoms with E-state index in [9.17, 15) is 9.00 Å². The number of aryl methyl sites for hydroxylation is 4. The number of carboxylic acid groups (broad SMARTS) is 1. The Morgan fingerprint density at radius 3 is 2.37 bits per heavy atom. The number of hydrogen-bond donors (Lipinski definition) is 1. The zero-order valence-corrected chi connectivity index (χ0v) is 21.9. The van der Waals surface area contributed by atoms with Gasteiger partial charge in [-0.05, 0) is 91.8 Å². The smallest absolute Gasteiger partial charge is 0.328 e. The van der Waals surface area contributed by atoms with Gasteiger partial charge in [0.25, 0.3) is 0 Å². The number of carbonyl (C=O) groups is 1. The molecule has 1 N–H and O–H groups in total. The largest absolute Gasteiger partial charge is 0.487 e. The first-order chi connectivity index (χ1) is 16.5. The van der Waals surface area contributed by atoms with Crippen LogP contribution in [0.3, 0.4) is 0 Å². The first kappa shape index (κ1) is 26.3. The molecule has 0 saturated carbocycles. The van der Waals surface area contributed by atoms with Crippen molar-refractivity contribution in [3.63, 3.8) is 0 Å². The molecular formula is C28H33NO5S. The Bertz CT molecular complexity index is 1260. The van der Waals surface area contributed by atoms with Crippen molar-refractivity contribution in [2.24, 2.45) is 5.92 Å². The molecule has 186 valence electrons. The lowest BCUT2D eigenvalue weighted by atomic mass is 10.0. The van der Waals surface area contributed by atoms with E-state index >= 15 is 0 Å². The number of aliphatic carboxylic acids is 1. The van der Waals surface area contributed by atoms with E-state index in [0.717, 1.165) is 39.6 Å². The highest BCUT2D eigenvalue weighted by atomic mass is 32.2. The van der Waals surface area contributed by atoms with Gasteiger partial charge in [-0.1, -0.05) is 32.0 Å². The Morgan fingerprint density at radius 2 is 1.77 bits per heavy atom. The van der Waals surface area contributed by atoms with E-state index < -0.39 is 17.0 Å². The second-order valence-electron chi connectivity index (χ2n) is 9.12. The summed E-state index contributed by atoms with van der Waals surface area (Å²) < 4.78 is 27.4. The van der Waals surface area contributed by atoms with Gasteiger partial charge in [0.15, 0.2) is 11.0 Å². The van der Waals surface area contributed by atoms with Crippen molar-refractivity contribution in [2.45, 2.75) is 53.2 Å². The number of hydrogen-bond acceptors (Lipinski definition) is 4. The van der Waals surface area contributed by atoms with Crippen molar-refractivity contribution in [3.05, 3.63) is 82.1 Å². The minimum atomic E-state index is -1.53. The summed E-state index contributed by atoms with van der Waals surface area (Å²) >= 11 is 0. The quantitative estimate of drug-likeness (QED) is 0.330. The van der Waals surface area contributed by atoms with E-state index in [-0.39, 0.29) is 5.92 Å². The summed E-state index contributed by atoms with van der Waals surface area (Å²) in [5, 5.41) is 9.26. The van der Waals surface area contributed by atoms with Gasteiger partial charge >= 0.3 is 5.97 Å². The van der Waals surface area contributed by atoms with Gasteiger partial charge in [0.2, 0.25) is 5.09 Å². The molecule has 3 aromatic rings. The van der Waals surface area contributed by atoms with E-state index in [1.165, 1.54) is 0 Å². The number of benzene rings is 2. The number of rotatable bonds is 10. The molecule has 1 heterocycles. The number of anilines is 1. The van der Waals surface area contributed by atoms with Crippen LogP contribution in [0.2, 0.25) is 0 Å². The van der Waals surface area contributed by atoms with Crippen LogP contribution >= 0.6 is 0 Å². The molecule has 0 aliphatic heterocycles. The Labute approximate surface area is 209 Å². The van der Waals surface area contributed by atoms with Crippen LogP contribution in [0.5, 0.6) is 5.75 Å². The maximum atomic E-state index is 13.6. The average Bonchev–Trinajstić information content (AvgIpc) is 3.23. The maximum Gasteiger partial charge on any atom is 0.328 e. The fourth-order valence-corrected chi connectivity index (χ4v) is 4.95.